The summed E-state index contributed by atoms with van der Waals surface area (Å²) in [6.45, 7) is 2.63. The molecule has 0 aromatic heterocycles. The van der Waals surface area contributed by atoms with Crippen LogP contribution >= 0.6 is 0 Å². The monoisotopic (exact) mass is 379 g/mol. The van der Waals surface area contributed by atoms with E-state index >= 15 is 0 Å². The van der Waals surface area contributed by atoms with Crippen molar-refractivity contribution >= 4 is 22.1 Å². The fraction of sp³-hybridized carbons (Fsp3) is 0.273. The van der Waals surface area contributed by atoms with Gasteiger partial charge in [0.1, 0.15) is 5.82 Å². The van der Waals surface area contributed by atoms with E-state index in [1.807, 2.05) is 42.5 Å². The number of fused-ring (bicyclic) bond motifs is 1. The zero-order chi connectivity index (χ0) is 19.5. The number of nitrogens with zero attached hydrogens (tertiary/aromatic N) is 3. The summed E-state index contributed by atoms with van der Waals surface area (Å²) in [6.07, 6.45) is 3.02. The molecular formula is C22H22FN3O2. The number of benzene rings is 3. The van der Waals surface area contributed by atoms with Crippen LogP contribution in [-0.4, -0.2) is 29.6 Å². The molecule has 0 amide bonds. The van der Waals surface area contributed by atoms with Crippen LogP contribution < -0.4 is 5.01 Å². The maximum absolute atomic E-state index is 13.1. The molecule has 0 spiro atoms. The summed E-state index contributed by atoms with van der Waals surface area (Å²) in [4.78, 5) is 11.1. The Hall–Kier alpha value is -2.99. The van der Waals surface area contributed by atoms with Gasteiger partial charge in [-0.25, -0.2) is 9.40 Å². The second-order valence-electron chi connectivity index (χ2n) is 7.07. The van der Waals surface area contributed by atoms with Crippen LogP contribution in [0, 0.1) is 15.9 Å². The minimum atomic E-state index is -0.325. The number of hydrazine groups is 1. The van der Waals surface area contributed by atoms with E-state index in [0.717, 1.165) is 55.5 Å². The molecule has 28 heavy (non-hydrogen) atoms. The van der Waals surface area contributed by atoms with E-state index in [1.165, 1.54) is 12.1 Å². The highest BCUT2D eigenvalue weighted by Gasteiger charge is 2.23. The molecule has 1 fully saturated rings. The van der Waals surface area contributed by atoms with E-state index < -0.39 is 0 Å². The lowest BCUT2D eigenvalue weighted by atomic mass is 10.1. The molecule has 5 nitrogen and oxygen atoms in total. The molecule has 6 heteroatoms. The Bertz CT molecular complexity index is 991. The van der Waals surface area contributed by atoms with Crippen LogP contribution in [0.3, 0.4) is 0 Å². The van der Waals surface area contributed by atoms with Crippen molar-refractivity contribution in [2.75, 3.05) is 24.6 Å². The van der Waals surface area contributed by atoms with Crippen LogP contribution in [0.1, 0.15) is 18.4 Å². The van der Waals surface area contributed by atoms with Gasteiger partial charge in [0.15, 0.2) is 0 Å². The summed E-state index contributed by atoms with van der Waals surface area (Å²) in [7, 11) is 0. The number of hydrogen-bond donors (Lipinski definition) is 0. The number of hydrogen-bond acceptors (Lipinski definition) is 4. The Kier molecular flexibility index (Phi) is 5.21. The van der Waals surface area contributed by atoms with Crippen molar-refractivity contribution in [1.29, 1.82) is 0 Å². The number of non-ortho nitro benzene ring substituents is 1. The van der Waals surface area contributed by atoms with Gasteiger partial charge in [0.2, 0.25) is 0 Å². The summed E-state index contributed by atoms with van der Waals surface area (Å²) < 4.78 is 13.1. The third kappa shape index (κ3) is 3.68. The van der Waals surface area contributed by atoms with Crippen LogP contribution in [0.25, 0.3) is 10.8 Å². The van der Waals surface area contributed by atoms with E-state index in [4.69, 9.17) is 0 Å². The van der Waals surface area contributed by atoms with Gasteiger partial charge in [0.25, 0.3) is 5.69 Å². The third-order valence-corrected chi connectivity index (χ3v) is 5.30. The number of halogens is 1. The number of rotatable bonds is 5. The lowest BCUT2D eigenvalue weighted by Gasteiger charge is -2.41. The van der Waals surface area contributed by atoms with Crippen LogP contribution in [0.4, 0.5) is 15.8 Å². The highest BCUT2D eigenvalue weighted by atomic mass is 19.1. The van der Waals surface area contributed by atoms with Crippen molar-refractivity contribution < 1.29 is 9.31 Å². The van der Waals surface area contributed by atoms with E-state index in [9.17, 15) is 14.5 Å². The molecule has 0 radical (unpaired) electrons. The van der Waals surface area contributed by atoms with Crippen molar-refractivity contribution in [3.63, 3.8) is 0 Å². The minimum absolute atomic E-state index is 0.134. The normalized spacial score (nSPS) is 15.1. The van der Waals surface area contributed by atoms with Crippen molar-refractivity contribution in [1.82, 2.24) is 5.01 Å². The van der Waals surface area contributed by atoms with Gasteiger partial charge < -0.3 is 5.01 Å². The van der Waals surface area contributed by atoms with E-state index in [1.54, 1.807) is 6.07 Å². The van der Waals surface area contributed by atoms with E-state index in [-0.39, 0.29) is 16.4 Å². The van der Waals surface area contributed by atoms with Crippen molar-refractivity contribution in [2.24, 2.45) is 0 Å². The van der Waals surface area contributed by atoms with Gasteiger partial charge >= 0.3 is 0 Å². The van der Waals surface area contributed by atoms with Gasteiger partial charge in [-0.2, -0.15) is 0 Å². The average Bonchev–Trinajstić information content (AvgIpc) is 2.73. The van der Waals surface area contributed by atoms with Gasteiger partial charge in [-0.15, -0.1) is 0 Å². The first-order chi connectivity index (χ1) is 13.6. The van der Waals surface area contributed by atoms with Crippen LogP contribution in [-0.2, 0) is 6.42 Å². The fourth-order valence-corrected chi connectivity index (χ4v) is 3.88. The molecular weight excluding hydrogens is 357 g/mol. The Labute approximate surface area is 163 Å². The molecule has 0 N–H and O–H groups in total. The Balaban J connectivity index is 1.63. The molecule has 0 bridgehead atoms. The molecule has 4 rings (SSSR count). The molecule has 0 atom stereocenters. The smallest absolute Gasteiger partial charge is 0.277 e. The number of anilines is 1. The molecule has 0 saturated carbocycles. The number of nitro groups is 1. The van der Waals surface area contributed by atoms with Gasteiger partial charge in [-0.05, 0) is 49.1 Å². The highest BCUT2D eigenvalue weighted by Crippen LogP contribution is 2.35. The summed E-state index contributed by atoms with van der Waals surface area (Å²) in [6, 6.07) is 17.6. The summed E-state index contributed by atoms with van der Waals surface area (Å²) in [5, 5.41) is 17.5. The van der Waals surface area contributed by atoms with Crippen molar-refractivity contribution in [2.45, 2.75) is 19.3 Å². The molecule has 1 aliphatic rings. The Morgan fingerprint density at radius 1 is 0.929 bits per heavy atom. The maximum Gasteiger partial charge on any atom is 0.277 e. The SMILES string of the molecule is O=[N+]([O-])c1ccc(N2CCCCN2CCc2ccc(F)cc2)c2ccccc12. The quantitative estimate of drug-likeness (QED) is 0.465. The van der Waals surface area contributed by atoms with Gasteiger partial charge in [-0.1, -0.05) is 30.3 Å². The highest BCUT2D eigenvalue weighted by molar-refractivity contribution is 5.99. The largest absolute Gasteiger partial charge is 0.305 e. The topological polar surface area (TPSA) is 49.6 Å². The Morgan fingerprint density at radius 3 is 2.39 bits per heavy atom. The minimum Gasteiger partial charge on any atom is -0.305 e. The predicted molar refractivity (Wildman–Crippen MR) is 109 cm³/mol. The van der Waals surface area contributed by atoms with Gasteiger partial charge in [-0.3, -0.25) is 10.1 Å². The molecule has 1 aliphatic heterocycles. The Morgan fingerprint density at radius 2 is 1.64 bits per heavy atom. The zero-order valence-electron chi connectivity index (χ0n) is 15.6. The first kappa shape index (κ1) is 18.4. The average molecular weight is 379 g/mol. The van der Waals surface area contributed by atoms with E-state index in [0.29, 0.717) is 5.39 Å². The van der Waals surface area contributed by atoms with Gasteiger partial charge in [0, 0.05) is 31.1 Å². The van der Waals surface area contributed by atoms with Crippen molar-refractivity contribution in [3.05, 3.63) is 82.2 Å². The fourth-order valence-electron chi connectivity index (χ4n) is 3.88. The summed E-state index contributed by atoms with van der Waals surface area (Å²) in [5.41, 5.74) is 2.23. The van der Waals surface area contributed by atoms with Crippen LogP contribution in [0.2, 0.25) is 0 Å². The zero-order valence-corrected chi connectivity index (χ0v) is 15.6. The lowest BCUT2D eigenvalue weighted by Crippen LogP contribution is -2.48. The maximum atomic E-state index is 13.1. The lowest BCUT2D eigenvalue weighted by molar-refractivity contribution is -0.383. The van der Waals surface area contributed by atoms with Crippen LogP contribution in [0.5, 0.6) is 0 Å². The predicted octanol–water partition coefficient (Wildman–Crippen LogP) is 4.95. The van der Waals surface area contributed by atoms with Crippen LogP contribution in [0.15, 0.2) is 60.7 Å². The molecule has 3 aromatic carbocycles. The molecule has 3 aromatic rings. The molecule has 0 unspecified atom stereocenters. The third-order valence-electron chi connectivity index (χ3n) is 5.30. The molecule has 1 saturated heterocycles. The molecule has 1 heterocycles. The second kappa shape index (κ2) is 7.94. The van der Waals surface area contributed by atoms with Crippen molar-refractivity contribution in [3.8, 4) is 0 Å². The van der Waals surface area contributed by atoms with Gasteiger partial charge in [0.05, 0.1) is 16.0 Å². The summed E-state index contributed by atoms with van der Waals surface area (Å²) in [5.74, 6) is -0.222. The van der Waals surface area contributed by atoms with E-state index in [2.05, 4.69) is 10.0 Å². The second-order valence-corrected chi connectivity index (χ2v) is 7.07. The first-order valence-electron chi connectivity index (χ1n) is 9.56. The first-order valence-corrected chi connectivity index (χ1v) is 9.56. The standard InChI is InChI=1S/C22H22FN3O2/c23-18-9-7-17(8-10-18)13-16-24-14-3-4-15-25(24)21-11-12-22(26(27)28)20-6-2-1-5-19(20)21/h1-2,5-12H,3-4,13-16H2. The summed E-state index contributed by atoms with van der Waals surface area (Å²) >= 11 is 0. The number of nitro benzene ring substituents is 1. The molecule has 144 valence electrons. The molecule has 0 aliphatic carbocycles.